The molecule has 2 unspecified atom stereocenters. The topological polar surface area (TPSA) is 81.1 Å². The van der Waals surface area contributed by atoms with Gasteiger partial charge in [-0.25, -0.2) is 0 Å². The summed E-state index contributed by atoms with van der Waals surface area (Å²) in [5.74, 6) is -1.29. The number of benzene rings is 3. The molecule has 3 heterocycles. The Morgan fingerprint density at radius 2 is 0.947 bits per heavy atom. The number of aliphatic hydroxyl groups excluding tert-OH is 2. The van der Waals surface area contributed by atoms with Crippen LogP contribution >= 0.6 is 0 Å². The van der Waals surface area contributed by atoms with E-state index in [9.17, 15) is 19.8 Å². The molecule has 0 radical (unpaired) electrons. The van der Waals surface area contributed by atoms with E-state index in [0.29, 0.717) is 59.6 Å². The summed E-state index contributed by atoms with van der Waals surface area (Å²) in [6.45, 7) is 0. The molecule has 2 N–H and O–H groups in total. The summed E-state index contributed by atoms with van der Waals surface area (Å²) in [7, 11) is 0. The fourth-order valence-corrected chi connectivity index (χ4v) is 6.42. The average molecular weight is 503 g/mol. The van der Waals surface area contributed by atoms with E-state index in [2.05, 4.69) is 0 Å². The summed E-state index contributed by atoms with van der Waals surface area (Å²) < 4.78 is 0. The molecule has 0 fully saturated rings. The second-order valence-corrected chi connectivity index (χ2v) is 10.3. The van der Waals surface area contributed by atoms with Crippen molar-refractivity contribution in [3.05, 3.63) is 130 Å². The lowest BCUT2D eigenvalue weighted by Gasteiger charge is -2.51. The highest BCUT2D eigenvalue weighted by atomic mass is 16.3. The molecule has 6 heteroatoms. The van der Waals surface area contributed by atoms with E-state index < -0.39 is 11.8 Å². The zero-order valence-corrected chi connectivity index (χ0v) is 20.7. The van der Waals surface area contributed by atoms with Gasteiger partial charge in [0.1, 0.15) is 11.5 Å². The van der Waals surface area contributed by atoms with Gasteiger partial charge in [0.05, 0.1) is 45.8 Å². The fraction of sp³-hybridized carbons (Fsp3) is 0.188. The molecule has 0 bridgehead atoms. The van der Waals surface area contributed by atoms with Crippen molar-refractivity contribution in [2.45, 2.75) is 25.7 Å². The van der Waals surface area contributed by atoms with E-state index in [-0.39, 0.29) is 23.3 Å². The zero-order chi connectivity index (χ0) is 26.0. The van der Waals surface area contributed by atoms with Crippen molar-refractivity contribution in [1.82, 2.24) is 0 Å². The molecular formula is C32H26N2O4. The van der Waals surface area contributed by atoms with Crippen LogP contribution in [0.2, 0.25) is 0 Å². The van der Waals surface area contributed by atoms with E-state index in [0.717, 1.165) is 11.1 Å². The minimum Gasteiger partial charge on any atom is -0.511 e. The van der Waals surface area contributed by atoms with Crippen LogP contribution in [-0.2, 0) is 22.4 Å². The number of amides is 2. The van der Waals surface area contributed by atoms with Crippen LogP contribution in [0.4, 0.5) is 11.4 Å². The van der Waals surface area contributed by atoms with Gasteiger partial charge in [0.15, 0.2) is 0 Å². The first-order valence-electron chi connectivity index (χ1n) is 13.0. The van der Waals surface area contributed by atoms with E-state index in [1.165, 1.54) is 0 Å². The molecule has 2 atom stereocenters. The normalized spacial score (nSPS) is 22.1. The van der Waals surface area contributed by atoms with Crippen molar-refractivity contribution in [2.75, 3.05) is 9.80 Å². The number of hydrogen-bond donors (Lipinski definition) is 2. The third-order valence-electron chi connectivity index (χ3n) is 8.16. The van der Waals surface area contributed by atoms with E-state index in [4.69, 9.17) is 0 Å². The van der Waals surface area contributed by atoms with Crippen LogP contribution in [-0.4, -0.2) is 22.0 Å². The second kappa shape index (κ2) is 8.48. The molecule has 6 nitrogen and oxygen atoms in total. The monoisotopic (exact) mass is 502 g/mol. The summed E-state index contributed by atoms with van der Waals surface area (Å²) in [5, 5.41) is 22.9. The Morgan fingerprint density at radius 1 is 0.579 bits per heavy atom. The Morgan fingerprint density at radius 3 is 1.34 bits per heavy atom. The highest BCUT2D eigenvalue weighted by Crippen LogP contribution is 2.55. The molecule has 0 saturated carbocycles. The number of anilines is 2. The standard InChI is InChI=1S/C32H26N2O4/c35-29-21-15-16-22-28-27(21)33(31(37)23(29)17-19-9-3-1-4-10-19)25-13-7-8-14-26(25)34(28)32(38)24(30(22)36)18-20-11-5-2-6-12-20/h1-14,21-22,35-36H,15-18H2. The fourth-order valence-electron chi connectivity index (χ4n) is 6.42. The maximum absolute atomic E-state index is 14.1. The molecule has 0 spiro atoms. The molecule has 1 aliphatic carbocycles. The Labute approximate surface area is 220 Å². The van der Waals surface area contributed by atoms with Gasteiger partial charge in [-0.2, -0.15) is 0 Å². The Balaban J connectivity index is 1.42. The van der Waals surface area contributed by atoms with Crippen molar-refractivity contribution in [3.63, 3.8) is 0 Å². The number of fused-ring (bicyclic) bond motifs is 3. The lowest BCUT2D eigenvalue weighted by atomic mass is 9.73. The summed E-state index contributed by atoms with van der Waals surface area (Å²) >= 11 is 0. The molecule has 0 aromatic heterocycles. The van der Waals surface area contributed by atoms with Crippen LogP contribution in [0, 0.1) is 11.8 Å². The van der Waals surface area contributed by atoms with Crippen LogP contribution in [0.25, 0.3) is 0 Å². The van der Waals surface area contributed by atoms with Gasteiger partial charge in [0.25, 0.3) is 11.8 Å². The van der Waals surface area contributed by atoms with Gasteiger partial charge in [-0.05, 0) is 36.1 Å². The molecule has 0 saturated heterocycles. The van der Waals surface area contributed by atoms with E-state index >= 15 is 0 Å². The van der Waals surface area contributed by atoms with Crippen LogP contribution in [0.5, 0.6) is 0 Å². The van der Waals surface area contributed by atoms with Crippen LogP contribution in [0.15, 0.2) is 119 Å². The maximum Gasteiger partial charge on any atom is 0.262 e. The summed E-state index contributed by atoms with van der Waals surface area (Å²) in [5.41, 5.74) is 5.09. The largest absolute Gasteiger partial charge is 0.511 e. The zero-order valence-electron chi connectivity index (χ0n) is 20.7. The van der Waals surface area contributed by atoms with Gasteiger partial charge in [-0.15, -0.1) is 0 Å². The molecule has 3 aromatic carbocycles. The van der Waals surface area contributed by atoms with Crippen molar-refractivity contribution in [2.24, 2.45) is 11.8 Å². The average Bonchev–Trinajstić information content (AvgIpc) is 2.95. The SMILES string of the molecule is O=C1C(Cc2ccccc2)=C(O)C2CCC3C(O)=C(Cc4ccccc4)C(=O)N4C3=C2N1c1ccccc14. The lowest BCUT2D eigenvalue weighted by molar-refractivity contribution is -0.117. The molecule has 7 rings (SSSR count). The van der Waals surface area contributed by atoms with E-state index in [1.807, 2.05) is 84.9 Å². The number of rotatable bonds is 4. The number of aliphatic hydroxyl groups is 2. The maximum atomic E-state index is 14.1. The molecule has 3 aromatic rings. The Hall–Kier alpha value is -4.58. The van der Waals surface area contributed by atoms with Gasteiger partial charge in [-0.1, -0.05) is 72.8 Å². The number of para-hydroxylation sites is 2. The lowest BCUT2D eigenvalue weighted by Crippen LogP contribution is -2.53. The summed E-state index contributed by atoms with van der Waals surface area (Å²) in [4.78, 5) is 31.5. The minimum atomic E-state index is -0.426. The van der Waals surface area contributed by atoms with Gasteiger partial charge < -0.3 is 10.2 Å². The molecule has 2 amide bonds. The highest BCUT2D eigenvalue weighted by Gasteiger charge is 2.53. The van der Waals surface area contributed by atoms with E-state index in [1.54, 1.807) is 9.80 Å². The molecule has 188 valence electrons. The van der Waals surface area contributed by atoms with Crippen molar-refractivity contribution < 1.29 is 19.8 Å². The third-order valence-corrected chi connectivity index (χ3v) is 8.16. The quantitative estimate of drug-likeness (QED) is 0.477. The number of carbonyl (C=O) groups is 2. The van der Waals surface area contributed by atoms with Crippen LogP contribution in [0.3, 0.4) is 0 Å². The predicted octanol–water partition coefficient (Wildman–Crippen LogP) is 5.74. The summed E-state index contributed by atoms with van der Waals surface area (Å²) in [6.07, 6.45) is 1.76. The highest BCUT2D eigenvalue weighted by molar-refractivity contribution is 6.18. The van der Waals surface area contributed by atoms with Crippen LogP contribution in [0.1, 0.15) is 24.0 Å². The predicted molar refractivity (Wildman–Crippen MR) is 144 cm³/mol. The first kappa shape index (κ1) is 22.6. The van der Waals surface area contributed by atoms with Crippen molar-refractivity contribution >= 4 is 23.2 Å². The van der Waals surface area contributed by atoms with Gasteiger partial charge in [0.2, 0.25) is 0 Å². The third kappa shape index (κ3) is 3.19. The first-order valence-corrected chi connectivity index (χ1v) is 13.0. The van der Waals surface area contributed by atoms with Crippen molar-refractivity contribution in [3.8, 4) is 0 Å². The Kier molecular flexibility index (Phi) is 5.05. The van der Waals surface area contributed by atoms with Gasteiger partial charge in [-0.3, -0.25) is 19.4 Å². The smallest absolute Gasteiger partial charge is 0.262 e. The van der Waals surface area contributed by atoms with Crippen molar-refractivity contribution in [1.29, 1.82) is 0 Å². The number of nitrogens with zero attached hydrogens (tertiary/aromatic N) is 2. The molecule has 3 aliphatic heterocycles. The summed E-state index contributed by atoms with van der Waals surface area (Å²) in [6, 6.07) is 26.7. The molecule has 38 heavy (non-hydrogen) atoms. The van der Waals surface area contributed by atoms with Gasteiger partial charge >= 0.3 is 0 Å². The van der Waals surface area contributed by atoms with Gasteiger partial charge in [0, 0.05) is 12.8 Å². The number of hydrogen-bond acceptors (Lipinski definition) is 4. The minimum absolute atomic E-state index is 0.0707. The number of carbonyl (C=O) groups excluding carboxylic acids is 2. The second-order valence-electron chi connectivity index (χ2n) is 10.3. The Bertz CT molecular complexity index is 1470. The molecular weight excluding hydrogens is 476 g/mol. The molecule has 4 aliphatic rings. The van der Waals surface area contributed by atoms with Crippen LogP contribution < -0.4 is 9.80 Å². The first-order chi connectivity index (χ1) is 18.5.